The highest BCUT2D eigenvalue weighted by atomic mass is 16.3. The van der Waals surface area contributed by atoms with Crippen molar-refractivity contribution in [2.45, 2.75) is 25.7 Å². The van der Waals surface area contributed by atoms with E-state index in [1.807, 2.05) is 18.0 Å². The molecule has 98 valence electrons. The fraction of sp³-hybridized carbons (Fsp3) is 0.538. The van der Waals surface area contributed by atoms with E-state index in [-0.39, 0.29) is 12.4 Å². The van der Waals surface area contributed by atoms with Gasteiger partial charge in [0.2, 0.25) is 0 Å². The molecule has 5 nitrogen and oxygen atoms in total. The van der Waals surface area contributed by atoms with Crippen molar-refractivity contribution >= 4 is 11.7 Å². The number of fused-ring (bicyclic) bond motifs is 1. The second-order valence-corrected chi connectivity index (χ2v) is 4.73. The summed E-state index contributed by atoms with van der Waals surface area (Å²) >= 11 is 0. The number of aromatic nitrogens is 1. The normalized spacial score (nSPS) is 14.1. The zero-order valence-corrected chi connectivity index (χ0v) is 10.7. The van der Waals surface area contributed by atoms with Gasteiger partial charge in [0.25, 0.3) is 0 Å². The van der Waals surface area contributed by atoms with Crippen LogP contribution >= 0.6 is 0 Å². The average Bonchev–Trinajstić information content (AvgIpc) is 2.37. The lowest BCUT2D eigenvalue weighted by molar-refractivity contribution is 0.304. The summed E-state index contributed by atoms with van der Waals surface area (Å²) in [6.07, 6.45) is 4.36. The van der Waals surface area contributed by atoms with E-state index in [0.29, 0.717) is 17.9 Å². The van der Waals surface area contributed by atoms with Gasteiger partial charge in [-0.15, -0.1) is 0 Å². The van der Waals surface area contributed by atoms with E-state index in [9.17, 15) is 0 Å². The number of anilines is 1. The van der Waals surface area contributed by atoms with Gasteiger partial charge in [-0.05, 0) is 37.3 Å². The van der Waals surface area contributed by atoms with Crippen molar-refractivity contribution in [2.24, 2.45) is 5.73 Å². The topological polar surface area (TPSA) is 86.2 Å². The van der Waals surface area contributed by atoms with Crippen molar-refractivity contribution in [1.29, 1.82) is 5.41 Å². The van der Waals surface area contributed by atoms with Crippen molar-refractivity contribution in [3.63, 3.8) is 0 Å². The highest BCUT2D eigenvalue weighted by molar-refractivity contribution is 5.99. The van der Waals surface area contributed by atoms with E-state index in [0.717, 1.165) is 18.5 Å². The summed E-state index contributed by atoms with van der Waals surface area (Å²) in [6, 6.07) is 1.99. The largest absolute Gasteiger partial charge is 0.395 e. The first-order valence-corrected chi connectivity index (χ1v) is 6.32. The van der Waals surface area contributed by atoms with E-state index >= 15 is 0 Å². The Labute approximate surface area is 107 Å². The molecule has 4 N–H and O–H groups in total. The Kier molecular flexibility index (Phi) is 3.81. The van der Waals surface area contributed by atoms with Crippen molar-refractivity contribution in [3.05, 3.63) is 22.9 Å². The first-order chi connectivity index (χ1) is 8.63. The molecule has 5 heteroatoms. The van der Waals surface area contributed by atoms with E-state index in [4.69, 9.17) is 16.2 Å². The van der Waals surface area contributed by atoms with Crippen LogP contribution in [0.25, 0.3) is 0 Å². The predicted octanol–water partition coefficient (Wildman–Crippen LogP) is 0.673. The summed E-state index contributed by atoms with van der Waals surface area (Å²) in [7, 11) is 1.86. The van der Waals surface area contributed by atoms with Crippen LogP contribution in [0.3, 0.4) is 0 Å². The zero-order chi connectivity index (χ0) is 13.1. The van der Waals surface area contributed by atoms with Gasteiger partial charge in [0.05, 0.1) is 12.2 Å². The van der Waals surface area contributed by atoms with Crippen LogP contribution in [0.5, 0.6) is 0 Å². The summed E-state index contributed by atoms with van der Waals surface area (Å²) < 4.78 is 0. The molecule has 0 radical (unpaired) electrons. The molecular weight excluding hydrogens is 228 g/mol. The molecule has 0 atom stereocenters. The van der Waals surface area contributed by atoms with Crippen LogP contribution in [-0.4, -0.2) is 36.1 Å². The maximum Gasteiger partial charge on any atom is 0.139 e. The first-order valence-electron chi connectivity index (χ1n) is 6.32. The molecule has 1 aromatic rings. The van der Waals surface area contributed by atoms with Gasteiger partial charge < -0.3 is 15.7 Å². The molecule has 1 aliphatic rings. The summed E-state index contributed by atoms with van der Waals surface area (Å²) in [6.45, 7) is 0.554. The van der Waals surface area contributed by atoms with Crippen molar-refractivity contribution in [3.8, 4) is 0 Å². The highest BCUT2D eigenvalue weighted by Gasteiger charge is 2.18. The Morgan fingerprint density at radius 3 is 2.89 bits per heavy atom. The van der Waals surface area contributed by atoms with E-state index < -0.39 is 0 Å². The molecule has 0 aromatic carbocycles. The molecule has 0 aliphatic heterocycles. The molecule has 0 amide bonds. The van der Waals surface area contributed by atoms with Gasteiger partial charge in [0, 0.05) is 19.3 Å². The maximum absolute atomic E-state index is 9.01. The molecule has 0 unspecified atom stereocenters. The molecule has 0 saturated carbocycles. The number of aliphatic hydroxyl groups is 1. The number of nitrogens with two attached hydrogens (primary N) is 1. The third kappa shape index (κ3) is 2.46. The molecule has 0 spiro atoms. The average molecular weight is 248 g/mol. The molecule has 2 rings (SSSR count). The molecule has 18 heavy (non-hydrogen) atoms. The number of amidine groups is 1. The Morgan fingerprint density at radius 1 is 1.50 bits per heavy atom. The summed E-state index contributed by atoms with van der Waals surface area (Å²) in [5.74, 6) is 0.743. The molecular formula is C13H20N4O. The van der Waals surface area contributed by atoms with E-state index in [2.05, 4.69) is 4.98 Å². The van der Waals surface area contributed by atoms with Crippen molar-refractivity contribution in [1.82, 2.24) is 4.98 Å². The SMILES string of the molecule is CN(CCO)c1nc2c(cc1C(=N)N)CCCC2. The number of hydrogen-bond acceptors (Lipinski definition) is 4. The predicted molar refractivity (Wildman–Crippen MR) is 72.3 cm³/mol. The maximum atomic E-state index is 9.01. The smallest absolute Gasteiger partial charge is 0.139 e. The number of pyridine rings is 1. The Balaban J connectivity index is 2.45. The number of nitrogens with zero attached hydrogens (tertiary/aromatic N) is 2. The minimum Gasteiger partial charge on any atom is -0.395 e. The summed E-state index contributed by atoms with van der Waals surface area (Å²) in [4.78, 5) is 6.50. The Hall–Kier alpha value is -1.62. The monoisotopic (exact) mass is 248 g/mol. The second-order valence-electron chi connectivity index (χ2n) is 4.73. The lowest BCUT2D eigenvalue weighted by atomic mass is 9.94. The highest BCUT2D eigenvalue weighted by Crippen LogP contribution is 2.26. The van der Waals surface area contributed by atoms with Gasteiger partial charge in [0.15, 0.2) is 0 Å². The third-order valence-corrected chi connectivity index (χ3v) is 3.37. The van der Waals surface area contributed by atoms with Crippen LogP contribution < -0.4 is 10.6 Å². The van der Waals surface area contributed by atoms with Gasteiger partial charge >= 0.3 is 0 Å². The van der Waals surface area contributed by atoms with Crippen LogP contribution in [0.2, 0.25) is 0 Å². The first kappa shape index (κ1) is 12.8. The molecule has 1 heterocycles. The summed E-state index contributed by atoms with van der Waals surface area (Å²) in [5, 5.41) is 16.7. The van der Waals surface area contributed by atoms with Crippen molar-refractivity contribution in [2.75, 3.05) is 25.1 Å². The number of rotatable bonds is 4. The van der Waals surface area contributed by atoms with Crippen LogP contribution in [0.4, 0.5) is 5.82 Å². The molecule has 0 fully saturated rings. The molecule has 1 aromatic heterocycles. The summed E-state index contributed by atoms with van der Waals surface area (Å²) in [5.41, 5.74) is 8.64. The van der Waals surface area contributed by atoms with Crippen LogP contribution in [0, 0.1) is 5.41 Å². The lowest BCUT2D eigenvalue weighted by Crippen LogP contribution is -2.27. The molecule has 0 saturated heterocycles. The molecule has 1 aliphatic carbocycles. The van der Waals surface area contributed by atoms with Crippen LogP contribution in [0.1, 0.15) is 29.7 Å². The fourth-order valence-corrected chi connectivity index (χ4v) is 2.37. The van der Waals surface area contributed by atoms with E-state index in [1.54, 1.807) is 0 Å². The lowest BCUT2D eigenvalue weighted by Gasteiger charge is -2.24. The Morgan fingerprint density at radius 2 is 2.22 bits per heavy atom. The Bertz CT molecular complexity index is 459. The van der Waals surface area contributed by atoms with Gasteiger partial charge in [-0.3, -0.25) is 5.41 Å². The van der Waals surface area contributed by atoms with Crippen LogP contribution in [0.15, 0.2) is 6.07 Å². The number of aryl methyl sites for hydroxylation is 2. The zero-order valence-electron chi connectivity index (χ0n) is 10.7. The fourth-order valence-electron chi connectivity index (χ4n) is 2.37. The molecule has 0 bridgehead atoms. The van der Waals surface area contributed by atoms with Gasteiger partial charge in [0.1, 0.15) is 11.7 Å². The minimum atomic E-state index is 0.0377. The standard InChI is InChI=1S/C13H20N4O/c1-17(6-7-18)13-10(12(14)15)8-9-4-2-3-5-11(9)16-13/h8,18H,2-7H2,1H3,(H3,14,15). The van der Waals surface area contributed by atoms with Crippen molar-refractivity contribution < 1.29 is 5.11 Å². The van der Waals surface area contributed by atoms with Gasteiger partial charge in [-0.2, -0.15) is 0 Å². The quantitative estimate of drug-likeness (QED) is 0.540. The second kappa shape index (κ2) is 5.35. The van der Waals surface area contributed by atoms with Crippen LogP contribution in [-0.2, 0) is 12.8 Å². The number of nitrogen functional groups attached to an aromatic ring is 1. The van der Waals surface area contributed by atoms with E-state index in [1.165, 1.54) is 18.4 Å². The third-order valence-electron chi connectivity index (χ3n) is 3.37. The van der Waals surface area contributed by atoms with Gasteiger partial charge in [-0.25, -0.2) is 4.98 Å². The number of nitrogens with one attached hydrogen (secondary N) is 1. The number of aliphatic hydroxyl groups excluding tert-OH is 1. The number of hydrogen-bond donors (Lipinski definition) is 3. The number of likely N-dealkylation sites (N-methyl/N-ethyl adjacent to an activating group) is 1. The van der Waals surface area contributed by atoms with Gasteiger partial charge in [-0.1, -0.05) is 0 Å². The minimum absolute atomic E-state index is 0.0377.